The molecule has 0 rings (SSSR count). The van der Waals surface area contributed by atoms with Gasteiger partial charge >= 0.3 is 0 Å². The van der Waals surface area contributed by atoms with Gasteiger partial charge in [-0.25, -0.2) is 5.20 Å². The maximum absolute atomic E-state index is 10.0. The van der Waals surface area contributed by atoms with Crippen molar-refractivity contribution in [3.63, 3.8) is 0 Å². The van der Waals surface area contributed by atoms with E-state index in [1.165, 1.54) is 14.1 Å². The molecule has 8 heavy (non-hydrogen) atoms. The molecule has 0 aromatic carbocycles. The Bertz CT molecular complexity index is 51.2. The quantitative estimate of drug-likeness (QED) is 0.433. The minimum atomic E-state index is -0.190. The normalized spacial score (nSPS) is 12.8. The Morgan fingerprint density at radius 1 is 1.38 bits per heavy atom. The van der Waals surface area contributed by atoms with Crippen molar-refractivity contribution in [3.8, 4) is 0 Å². The maximum atomic E-state index is 10.0. The standard InChI is InChI=1S/C2H8N3O2P/c1-4(6)3-8-5(2)7/h3,8H,1-2H3/q-2. The Morgan fingerprint density at radius 3 is 2.00 bits per heavy atom. The second-order valence-electron chi connectivity index (χ2n) is 1.22. The first kappa shape index (κ1) is 8.23. The Morgan fingerprint density at radius 2 is 1.88 bits per heavy atom. The summed E-state index contributed by atoms with van der Waals surface area (Å²) in [7, 11) is 2.44. The number of hydrazine groups is 1. The van der Waals surface area contributed by atoms with E-state index in [4.69, 9.17) is 0 Å². The Kier molecular flexibility index (Phi) is 4.26. The Balaban J connectivity index is 2.93. The van der Waals surface area contributed by atoms with Crippen LogP contribution in [0.25, 0.3) is 0 Å². The van der Waals surface area contributed by atoms with E-state index in [9.17, 15) is 10.4 Å². The van der Waals surface area contributed by atoms with Crippen LogP contribution < -0.4 is 5.20 Å². The molecule has 50 valence electrons. The zero-order chi connectivity index (χ0) is 6.57. The van der Waals surface area contributed by atoms with Gasteiger partial charge in [-0.1, -0.05) is 0 Å². The van der Waals surface area contributed by atoms with Crippen LogP contribution in [0.15, 0.2) is 0 Å². The summed E-state index contributed by atoms with van der Waals surface area (Å²) in [5.74, 6) is 0. The van der Waals surface area contributed by atoms with Gasteiger partial charge in [0.15, 0.2) is 0 Å². The van der Waals surface area contributed by atoms with E-state index in [2.05, 4.69) is 5.20 Å². The maximum Gasteiger partial charge on any atom is 0.0219 e. The van der Waals surface area contributed by atoms with Crippen LogP contribution in [0, 0.1) is 10.4 Å². The molecule has 0 aromatic rings. The summed E-state index contributed by atoms with van der Waals surface area (Å²) in [6.45, 7) is 0. The largest absolute Gasteiger partial charge is 0.781 e. The fourth-order valence-electron chi connectivity index (χ4n) is 0.141. The third-order valence-corrected chi connectivity index (χ3v) is 1.09. The monoisotopic (exact) mass is 137 g/mol. The van der Waals surface area contributed by atoms with Gasteiger partial charge in [-0.3, -0.25) is 0 Å². The molecule has 6 heteroatoms. The summed E-state index contributed by atoms with van der Waals surface area (Å²) in [6, 6.07) is 0. The van der Waals surface area contributed by atoms with Crippen molar-refractivity contribution in [2.45, 2.75) is 0 Å². The zero-order valence-corrected chi connectivity index (χ0v) is 5.71. The second kappa shape index (κ2) is 4.14. The fourth-order valence-corrected chi connectivity index (χ4v) is 0.422. The van der Waals surface area contributed by atoms with Gasteiger partial charge in [-0.2, -0.15) is 0 Å². The molecule has 0 aromatic heterocycles. The second-order valence-corrected chi connectivity index (χ2v) is 2.30. The van der Waals surface area contributed by atoms with Crippen molar-refractivity contribution in [3.05, 3.63) is 10.4 Å². The SMILES string of the molecule is CN([O-])NPN(C)[O-]. The number of hydroxylamine groups is 2. The Hall–Kier alpha value is 0.230. The van der Waals surface area contributed by atoms with Crippen molar-refractivity contribution < 1.29 is 0 Å². The van der Waals surface area contributed by atoms with Crippen molar-refractivity contribution in [2.24, 2.45) is 0 Å². The van der Waals surface area contributed by atoms with E-state index in [0.29, 0.717) is 10.0 Å². The van der Waals surface area contributed by atoms with E-state index in [1.807, 2.05) is 0 Å². The number of nitrogens with zero attached hydrogens (tertiary/aromatic N) is 2. The highest BCUT2D eigenvalue weighted by Crippen LogP contribution is 2.05. The van der Waals surface area contributed by atoms with E-state index in [0.717, 1.165) is 0 Å². The Labute approximate surface area is 49.7 Å². The lowest BCUT2D eigenvalue weighted by atomic mass is 11.5. The van der Waals surface area contributed by atoms with Gasteiger partial charge in [0, 0.05) is 8.88 Å². The van der Waals surface area contributed by atoms with Crippen LogP contribution in [0.5, 0.6) is 0 Å². The van der Waals surface area contributed by atoms with Crippen LogP contribution in [0.4, 0.5) is 0 Å². The minimum absolute atomic E-state index is 0.190. The molecule has 1 N–H and O–H groups in total. The third kappa shape index (κ3) is 6.23. The molecular weight excluding hydrogens is 129 g/mol. The smallest absolute Gasteiger partial charge is 0.0219 e. The molecule has 0 heterocycles. The molecule has 5 nitrogen and oxygen atoms in total. The molecule has 0 saturated heterocycles. The molecule has 0 aliphatic carbocycles. The van der Waals surface area contributed by atoms with Crippen LogP contribution in [-0.4, -0.2) is 24.1 Å². The van der Waals surface area contributed by atoms with E-state index < -0.39 is 0 Å². The predicted octanol–water partition coefficient (Wildman–Crippen LogP) is -0.141. The lowest BCUT2D eigenvalue weighted by Crippen LogP contribution is -2.23. The van der Waals surface area contributed by atoms with Gasteiger partial charge in [0.05, 0.1) is 0 Å². The summed E-state index contributed by atoms with van der Waals surface area (Å²) in [5, 5.41) is 22.8. The molecule has 0 aliphatic heterocycles. The van der Waals surface area contributed by atoms with Gasteiger partial charge in [0.25, 0.3) is 0 Å². The van der Waals surface area contributed by atoms with Crippen LogP contribution in [0.2, 0.25) is 0 Å². The third-order valence-electron chi connectivity index (χ3n) is 0.365. The molecule has 0 fully saturated rings. The van der Waals surface area contributed by atoms with Crippen molar-refractivity contribution in [1.29, 1.82) is 0 Å². The molecular formula is C2H8N3O2P-2. The van der Waals surface area contributed by atoms with Crippen molar-refractivity contribution in [1.82, 2.24) is 15.2 Å². The number of nitrogens with one attached hydrogen (secondary N) is 1. The fraction of sp³-hybridized carbons (Fsp3) is 1.00. The molecule has 0 radical (unpaired) electrons. The van der Waals surface area contributed by atoms with Gasteiger partial charge in [0.1, 0.15) is 0 Å². The molecule has 1 atom stereocenters. The van der Waals surface area contributed by atoms with E-state index in [-0.39, 0.29) is 8.88 Å². The summed E-state index contributed by atoms with van der Waals surface area (Å²) >= 11 is 0. The molecule has 0 amide bonds. The molecule has 0 bridgehead atoms. The molecule has 0 aliphatic rings. The lowest BCUT2D eigenvalue weighted by molar-refractivity contribution is 0.424. The molecule has 0 saturated carbocycles. The molecule has 0 spiro atoms. The van der Waals surface area contributed by atoms with Gasteiger partial charge in [-0.15, -0.1) is 0 Å². The van der Waals surface area contributed by atoms with Gasteiger partial charge < -0.3 is 20.4 Å². The van der Waals surface area contributed by atoms with Crippen molar-refractivity contribution in [2.75, 3.05) is 14.1 Å². The van der Waals surface area contributed by atoms with Crippen LogP contribution in [-0.2, 0) is 0 Å². The molecule has 1 unspecified atom stereocenters. The first-order valence-electron chi connectivity index (χ1n) is 1.96. The minimum Gasteiger partial charge on any atom is -0.781 e. The topological polar surface area (TPSA) is 64.6 Å². The van der Waals surface area contributed by atoms with E-state index >= 15 is 0 Å². The number of rotatable bonds is 3. The number of hydrogen-bond acceptors (Lipinski definition) is 5. The highest BCUT2D eigenvalue weighted by molar-refractivity contribution is 7.32. The first-order chi connectivity index (χ1) is 3.63. The summed E-state index contributed by atoms with van der Waals surface area (Å²) in [5.41, 5.74) is 0. The highest BCUT2D eigenvalue weighted by Gasteiger charge is 1.77. The van der Waals surface area contributed by atoms with Gasteiger partial charge in [-0.05, 0) is 14.1 Å². The average Bonchev–Trinajstić information content (AvgIpc) is 1.61. The summed E-state index contributed by atoms with van der Waals surface area (Å²) < 4.78 is 0. The van der Waals surface area contributed by atoms with E-state index in [1.54, 1.807) is 0 Å². The predicted molar refractivity (Wildman–Crippen MR) is 33.7 cm³/mol. The van der Waals surface area contributed by atoms with Crippen molar-refractivity contribution >= 4 is 8.88 Å². The lowest BCUT2D eigenvalue weighted by Gasteiger charge is -2.29. The first-order valence-corrected chi connectivity index (χ1v) is 2.90. The van der Waals surface area contributed by atoms with Gasteiger partial charge in [0.2, 0.25) is 0 Å². The summed E-state index contributed by atoms with van der Waals surface area (Å²) in [4.78, 5) is 0.647. The van der Waals surface area contributed by atoms with Crippen LogP contribution >= 0.6 is 8.88 Å². The highest BCUT2D eigenvalue weighted by atomic mass is 31.1. The van der Waals surface area contributed by atoms with Crippen LogP contribution in [0.3, 0.4) is 0 Å². The summed E-state index contributed by atoms with van der Waals surface area (Å²) in [6.07, 6.45) is 0. The zero-order valence-electron chi connectivity index (χ0n) is 4.71. The number of hydrogen-bond donors (Lipinski definition) is 1. The van der Waals surface area contributed by atoms with Crippen LogP contribution in [0.1, 0.15) is 0 Å². The average molecular weight is 137 g/mol.